The van der Waals surface area contributed by atoms with Gasteiger partial charge in [-0.2, -0.15) is 0 Å². The predicted octanol–water partition coefficient (Wildman–Crippen LogP) is 1.73. The van der Waals surface area contributed by atoms with E-state index in [4.69, 9.17) is 5.73 Å². The van der Waals surface area contributed by atoms with Crippen molar-refractivity contribution in [2.45, 2.75) is 31.7 Å². The lowest BCUT2D eigenvalue weighted by Crippen LogP contribution is -2.29. The molecule has 1 saturated carbocycles. The standard InChI is InChI=1S/C15H19N5O2S/c16-8-9-1-3-10(4-2-9)18-14-17-6-5-11(19-14)7-12-13(21)20-15(22)23-12/h5-7,9-10H,1-4,8,16H2,(H,17,18,19)(H,20,21,22)/b12-7-. The van der Waals surface area contributed by atoms with Crippen LogP contribution in [0.25, 0.3) is 6.08 Å². The van der Waals surface area contributed by atoms with E-state index >= 15 is 0 Å². The molecule has 122 valence electrons. The van der Waals surface area contributed by atoms with Crippen LogP contribution in [0.5, 0.6) is 0 Å². The summed E-state index contributed by atoms with van der Waals surface area (Å²) in [5.41, 5.74) is 6.31. The lowest BCUT2D eigenvalue weighted by molar-refractivity contribution is -0.115. The molecule has 2 aliphatic rings. The molecule has 23 heavy (non-hydrogen) atoms. The van der Waals surface area contributed by atoms with Crippen LogP contribution in [0.4, 0.5) is 10.7 Å². The minimum Gasteiger partial charge on any atom is -0.351 e. The summed E-state index contributed by atoms with van der Waals surface area (Å²) in [6.45, 7) is 0.755. The van der Waals surface area contributed by atoms with Gasteiger partial charge in [-0.05, 0) is 62.1 Å². The highest BCUT2D eigenvalue weighted by Gasteiger charge is 2.25. The number of hydrogen-bond acceptors (Lipinski definition) is 7. The van der Waals surface area contributed by atoms with Crippen LogP contribution < -0.4 is 16.4 Å². The summed E-state index contributed by atoms with van der Waals surface area (Å²) in [5, 5.41) is 5.21. The number of aromatic nitrogens is 2. The van der Waals surface area contributed by atoms with E-state index in [1.807, 2.05) is 0 Å². The van der Waals surface area contributed by atoms with Gasteiger partial charge in [0.1, 0.15) is 0 Å². The number of nitrogens with zero attached hydrogens (tertiary/aromatic N) is 2. The second-order valence-corrected chi connectivity index (χ2v) is 6.77. The van der Waals surface area contributed by atoms with Gasteiger partial charge in [-0.1, -0.05) is 0 Å². The van der Waals surface area contributed by atoms with E-state index in [2.05, 4.69) is 20.6 Å². The van der Waals surface area contributed by atoms with E-state index in [9.17, 15) is 9.59 Å². The van der Waals surface area contributed by atoms with Gasteiger partial charge in [0.2, 0.25) is 5.95 Å². The SMILES string of the molecule is NCC1CCC(Nc2nccc(/C=C3\SC(=O)NC3=O)n2)CC1. The summed E-state index contributed by atoms with van der Waals surface area (Å²) in [5.74, 6) is 0.791. The molecule has 0 aromatic carbocycles. The molecule has 4 N–H and O–H groups in total. The fourth-order valence-corrected chi connectivity index (χ4v) is 3.47. The second kappa shape index (κ2) is 7.10. The van der Waals surface area contributed by atoms with E-state index in [0.29, 0.717) is 28.5 Å². The Hall–Kier alpha value is -1.93. The van der Waals surface area contributed by atoms with Crippen molar-refractivity contribution in [3.63, 3.8) is 0 Å². The molecule has 1 saturated heterocycles. The van der Waals surface area contributed by atoms with Gasteiger partial charge in [-0.25, -0.2) is 9.97 Å². The average Bonchev–Trinajstić information content (AvgIpc) is 2.86. The van der Waals surface area contributed by atoms with Crippen molar-refractivity contribution in [2.24, 2.45) is 11.7 Å². The predicted molar refractivity (Wildman–Crippen MR) is 89.6 cm³/mol. The molecule has 1 aromatic heterocycles. The number of rotatable bonds is 4. The van der Waals surface area contributed by atoms with Crippen LogP contribution in [0, 0.1) is 5.92 Å². The molecule has 0 bridgehead atoms. The first-order valence-corrected chi connectivity index (χ1v) is 8.50. The van der Waals surface area contributed by atoms with Crippen molar-refractivity contribution in [2.75, 3.05) is 11.9 Å². The molecule has 2 fully saturated rings. The van der Waals surface area contributed by atoms with Crippen molar-refractivity contribution < 1.29 is 9.59 Å². The van der Waals surface area contributed by atoms with Gasteiger partial charge in [0.25, 0.3) is 11.1 Å². The first kappa shape index (κ1) is 15.9. The Bertz CT molecular complexity index is 641. The maximum absolute atomic E-state index is 11.6. The Morgan fingerprint density at radius 2 is 2.13 bits per heavy atom. The molecule has 0 atom stereocenters. The van der Waals surface area contributed by atoms with E-state index in [0.717, 1.165) is 44.0 Å². The maximum Gasteiger partial charge on any atom is 0.290 e. The highest BCUT2D eigenvalue weighted by atomic mass is 32.2. The van der Waals surface area contributed by atoms with Crippen molar-refractivity contribution in [3.05, 3.63) is 22.9 Å². The largest absolute Gasteiger partial charge is 0.351 e. The lowest BCUT2D eigenvalue weighted by atomic mass is 9.86. The molecule has 8 heteroatoms. The van der Waals surface area contributed by atoms with Crippen molar-refractivity contribution in [3.8, 4) is 0 Å². The van der Waals surface area contributed by atoms with Gasteiger partial charge >= 0.3 is 0 Å². The molecule has 0 spiro atoms. The highest BCUT2D eigenvalue weighted by molar-refractivity contribution is 8.18. The van der Waals surface area contributed by atoms with E-state index < -0.39 is 0 Å². The Morgan fingerprint density at radius 3 is 2.78 bits per heavy atom. The zero-order chi connectivity index (χ0) is 16.2. The first-order valence-electron chi connectivity index (χ1n) is 7.68. The van der Waals surface area contributed by atoms with E-state index in [1.54, 1.807) is 18.3 Å². The highest BCUT2D eigenvalue weighted by Crippen LogP contribution is 2.26. The Kier molecular flexibility index (Phi) is 4.92. The Labute approximate surface area is 138 Å². The summed E-state index contributed by atoms with van der Waals surface area (Å²) >= 11 is 0.882. The first-order chi connectivity index (χ1) is 11.1. The molecule has 1 aliphatic heterocycles. The second-order valence-electron chi connectivity index (χ2n) is 5.76. The molecule has 0 unspecified atom stereocenters. The molecule has 1 aliphatic carbocycles. The lowest BCUT2D eigenvalue weighted by Gasteiger charge is -2.28. The fraction of sp³-hybridized carbons (Fsp3) is 0.467. The number of anilines is 1. The quantitative estimate of drug-likeness (QED) is 0.720. The summed E-state index contributed by atoms with van der Waals surface area (Å²) in [6.07, 6.45) is 7.61. The van der Waals surface area contributed by atoms with Crippen LogP contribution in [-0.4, -0.2) is 33.7 Å². The van der Waals surface area contributed by atoms with Gasteiger partial charge in [0.05, 0.1) is 10.6 Å². The zero-order valence-electron chi connectivity index (χ0n) is 12.6. The van der Waals surface area contributed by atoms with Crippen LogP contribution in [0.2, 0.25) is 0 Å². The van der Waals surface area contributed by atoms with Crippen molar-refractivity contribution in [1.29, 1.82) is 0 Å². The smallest absolute Gasteiger partial charge is 0.290 e. The Balaban J connectivity index is 1.65. The molecule has 2 amide bonds. The minimum atomic E-state index is -0.381. The normalized spacial score (nSPS) is 26.4. The summed E-state index contributed by atoms with van der Waals surface area (Å²) in [7, 11) is 0. The fourth-order valence-electron chi connectivity index (χ4n) is 2.80. The summed E-state index contributed by atoms with van der Waals surface area (Å²) in [4.78, 5) is 31.7. The van der Waals surface area contributed by atoms with Gasteiger partial charge in [-0.15, -0.1) is 0 Å². The number of carbonyl (C=O) groups is 2. The number of imide groups is 1. The topological polar surface area (TPSA) is 110 Å². The van der Waals surface area contributed by atoms with Gasteiger partial charge in [0, 0.05) is 12.2 Å². The van der Waals surface area contributed by atoms with E-state index in [-0.39, 0.29) is 11.1 Å². The third-order valence-electron chi connectivity index (χ3n) is 4.11. The summed E-state index contributed by atoms with van der Waals surface area (Å²) in [6, 6.07) is 2.06. The maximum atomic E-state index is 11.6. The molecule has 3 rings (SSSR count). The molecular formula is C15H19N5O2S. The van der Waals surface area contributed by atoms with Crippen LogP contribution in [-0.2, 0) is 4.79 Å². The molecule has 2 heterocycles. The van der Waals surface area contributed by atoms with Crippen LogP contribution in [0.3, 0.4) is 0 Å². The van der Waals surface area contributed by atoms with Gasteiger partial charge in [-0.3, -0.25) is 14.9 Å². The molecule has 1 aromatic rings. The third kappa shape index (κ3) is 4.08. The molecule has 0 radical (unpaired) electrons. The number of nitrogens with two attached hydrogens (primary N) is 1. The van der Waals surface area contributed by atoms with Crippen LogP contribution in [0.15, 0.2) is 17.2 Å². The number of thioether (sulfide) groups is 1. The third-order valence-corrected chi connectivity index (χ3v) is 4.92. The monoisotopic (exact) mass is 333 g/mol. The number of carbonyl (C=O) groups excluding carboxylic acids is 2. The molecule has 7 nitrogen and oxygen atoms in total. The van der Waals surface area contributed by atoms with E-state index in [1.165, 1.54) is 0 Å². The number of nitrogens with one attached hydrogen (secondary N) is 2. The van der Waals surface area contributed by atoms with Crippen molar-refractivity contribution >= 4 is 34.9 Å². The average molecular weight is 333 g/mol. The van der Waals surface area contributed by atoms with Gasteiger partial charge in [0.15, 0.2) is 0 Å². The van der Waals surface area contributed by atoms with Crippen LogP contribution in [0.1, 0.15) is 31.4 Å². The van der Waals surface area contributed by atoms with Crippen LogP contribution >= 0.6 is 11.8 Å². The number of amides is 2. The zero-order valence-corrected chi connectivity index (χ0v) is 13.4. The molecular weight excluding hydrogens is 314 g/mol. The Morgan fingerprint density at radius 1 is 1.35 bits per heavy atom. The minimum absolute atomic E-state index is 0.350. The van der Waals surface area contributed by atoms with Gasteiger partial charge < -0.3 is 11.1 Å². The van der Waals surface area contributed by atoms with Crippen molar-refractivity contribution in [1.82, 2.24) is 15.3 Å². The summed E-state index contributed by atoms with van der Waals surface area (Å²) < 4.78 is 0. The number of hydrogen-bond donors (Lipinski definition) is 3.